The molecule has 0 aliphatic heterocycles. The SMILES string of the molecule is C=C/C(OC1CC1)=C(\N=C)C(=O)O. The molecule has 4 nitrogen and oxygen atoms in total. The minimum atomic E-state index is -1.15. The van der Waals surface area contributed by atoms with Crippen LogP contribution in [0.4, 0.5) is 0 Å². The fourth-order valence-corrected chi connectivity index (χ4v) is 0.817. The Labute approximate surface area is 76.2 Å². The predicted molar refractivity (Wildman–Crippen MR) is 48.5 cm³/mol. The molecule has 0 aromatic rings. The zero-order chi connectivity index (χ0) is 9.84. The molecule has 0 radical (unpaired) electrons. The third-order valence-corrected chi connectivity index (χ3v) is 1.60. The third-order valence-electron chi connectivity index (χ3n) is 1.60. The topological polar surface area (TPSA) is 58.9 Å². The van der Waals surface area contributed by atoms with Gasteiger partial charge in [-0.1, -0.05) is 6.58 Å². The number of allylic oxidation sites excluding steroid dienone is 1. The van der Waals surface area contributed by atoms with Crippen molar-refractivity contribution < 1.29 is 14.6 Å². The van der Waals surface area contributed by atoms with Gasteiger partial charge in [-0.15, -0.1) is 0 Å². The van der Waals surface area contributed by atoms with E-state index in [0.29, 0.717) is 0 Å². The molecule has 0 amide bonds. The minimum absolute atomic E-state index is 0.129. The number of carbonyl (C=O) groups is 1. The second kappa shape index (κ2) is 3.89. The van der Waals surface area contributed by atoms with Crippen molar-refractivity contribution in [1.82, 2.24) is 0 Å². The normalized spacial score (nSPS) is 17.2. The third kappa shape index (κ3) is 2.43. The van der Waals surface area contributed by atoms with Gasteiger partial charge in [-0.25, -0.2) is 4.79 Å². The fraction of sp³-hybridized carbons (Fsp3) is 0.333. The Morgan fingerprint density at radius 2 is 2.23 bits per heavy atom. The van der Waals surface area contributed by atoms with Gasteiger partial charge in [0.1, 0.15) is 0 Å². The van der Waals surface area contributed by atoms with Gasteiger partial charge in [0, 0.05) is 0 Å². The average molecular weight is 181 g/mol. The van der Waals surface area contributed by atoms with E-state index in [1.807, 2.05) is 0 Å². The minimum Gasteiger partial charge on any atom is -0.488 e. The van der Waals surface area contributed by atoms with Gasteiger partial charge in [0.25, 0.3) is 0 Å². The molecule has 4 heteroatoms. The first-order valence-electron chi connectivity index (χ1n) is 3.92. The van der Waals surface area contributed by atoms with Gasteiger partial charge < -0.3 is 9.84 Å². The van der Waals surface area contributed by atoms with Crippen LogP contribution in [0.25, 0.3) is 0 Å². The lowest BCUT2D eigenvalue weighted by molar-refractivity contribution is -0.132. The molecule has 1 saturated carbocycles. The van der Waals surface area contributed by atoms with Crippen LogP contribution in [0, 0.1) is 0 Å². The van der Waals surface area contributed by atoms with E-state index < -0.39 is 5.97 Å². The van der Waals surface area contributed by atoms with Crippen LogP contribution in [0.3, 0.4) is 0 Å². The lowest BCUT2D eigenvalue weighted by Crippen LogP contribution is -2.04. The summed E-state index contributed by atoms with van der Waals surface area (Å²) in [6.45, 7) is 6.62. The summed E-state index contributed by atoms with van der Waals surface area (Å²) in [5, 5.41) is 8.69. The highest BCUT2D eigenvalue weighted by molar-refractivity contribution is 5.88. The summed E-state index contributed by atoms with van der Waals surface area (Å²) in [4.78, 5) is 14.0. The molecule has 0 aromatic heterocycles. The Morgan fingerprint density at radius 1 is 1.62 bits per heavy atom. The van der Waals surface area contributed by atoms with Gasteiger partial charge in [-0.3, -0.25) is 4.99 Å². The van der Waals surface area contributed by atoms with Gasteiger partial charge in [0.2, 0.25) is 0 Å². The summed E-state index contributed by atoms with van der Waals surface area (Å²) in [5.41, 5.74) is -0.179. The van der Waals surface area contributed by atoms with Crippen molar-refractivity contribution >= 4 is 12.7 Å². The Hall–Kier alpha value is -1.58. The zero-order valence-electron chi connectivity index (χ0n) is 7.19. The summed E-state index contributed by atoms with van der Waals surface area (Å²) >= 11 is 0. The molecular weight excluding hydrogens is 170 g/mol. The number of carboxylic acid groups (broad SMARTS) is 1. The molecule has 13 heavy (non-hydrogen) atoms. The summed E-state index contributed by atoms with van der Waals surface area (Å²) in [6, 6.07) is 0. The fourth-order valence-electron chi connectivity index (χ4n) is 0.817. The highest BCUT2D eigenvalue weighted by Gasteiger charge is 2.25. The van der Waals surface area contributed by atoms with Crippen LogP contribution in [0.5, 0.6) is 0 Å². The molecule has 0 atom stereocenters. The van der Waals surface area contributed by atoms with Gasteiger partial charge in [0.05, 0.1) is 6.10 Å². The molecule has 1 rings (SSSR count). The number of carboxylic acids is 1. The van der Waals surface area contributed by atoms with Gasteiger partial charge >= 0.3 is 5.97 Å². The van der Waals surface area contributed by atoms with E-state index in [4.69, 9.17) is 9.84 Å². The van der Waals surface area contributed by atoms with Crippen LogP contribution in [-0.2, 0) is 9.53 Å². The maximum atomic E-state index is 10.6. The summed E-state index contributed by atoms with van der Waals surface area (Å²) in [6.07, 6.45) is 3.39. The van der Waals surface area contributed by atoms with Crippen LogP contribution < -0.4 is 0 Å². The molecule has 0 aromatic carbocycles. The largest absolute Gasteiger partial charge is 0.488 e. The summed E-state index contributed by atoms with van der Waals surface area (Å²) < 4.78 is 5.27. The lowest BCUT2D eigenvalue weighted by Gasteiger charge is -2.05. The van der Waals surface area contributed by atoms with E-state index in [1.54, 1.807) is 0 Å². The van der Waals surface area contributed by atoms with E-state index >= 15 is 0 Å². The van der Waals surface area contributed by atoms with Crippen LogP contribution >= 0.6 is 0 Å². The first-order chi connectivity index (χ1) is 6.19. The smallest absolute Gasteiger partial charge is 0.358 e. The molecule has 1 aliphatic carbocycles. The number of ether oxygens (including phenoxy) is 1. The molecule has 70 valence electrons. The highest BCUT2D eigenvalue weighted by atomic mass is 16.5. The Morgan fingerprint density at radius 3 is 2.54 bits per heavy atom. The van der Waals surface area contributed by atoms with Crippen LogP contribution in [-0.4, -0.2) is 23.9 Å². The second-order valence-corrected chi connectivity index (χ2v) is 2.70. The van der Waals surface area contributed by atoms with Gasteiger partial charge in [-0.05, 0) is 25.6 Å². The van der Waals surface area contributed by atoms with E-state index in [-0.39, 0.29) is 17.6 Å². The molecule has 1 fully saturated rings. The van der Waals surface area contributed by atoms with Crippen molar-refractivity contribution in [3.05, 3.63) is 24.1 Å². The van der Waals surface area contributed by atoms with E-state index in [9.17, 15) is 4.79 Å². The Balaban J connectivity index is 2.83. The molecular formula is C9H11NO3. The van der Waals surface area contributed by atoms with Gasteiger partial charge in [-0.2, -0.15) is 0 Å². The van der Waals surface area contributed by atoms with E-state index in [0.717, 1.165) is 12.8 Å². The van der Waals surface area contributed by atoms with Crippen molar-refractivity contribution in [2.75, 3.05) is 0 Å². The summed E-state index contributed by atoms with van der Waals surface area (Å²) in [5.74, 6) is -0.949. The molecule has 0 unspecified atom stereocenters. The number of aliphatic carboxylic acids is 1. The first kappa shape index (κ1) is 9.51. The van der Waals surface area contributed by atoms with Crippen molar-refractivity contribution in [3.63, 3.8) is 0 Å². The van der Waals surface area contributed by atoms with E-state index in [2.05, 4.69) is 18.3 Å². The second-order valence-electron chi connectivity index (χ2n) is 2.70. The van der Waals surface area contributed by atoms with E-state index in [1.165, 1.54) is 6.08 Å². The van der Waals surface area contributed by atoms with Crippen molar-refractivity contribution in [3.8, 4) is 0 Å². The van der Waals surface area contributed by atoms with Crippen molar-refractivity contribution in [2.24, 2.45) is 4.99 Å². The quantitative estimate of drug-likeness (QED) is 0.301. The average Bonchev–Trinajstić information content (AvgIpc) is 2.87. The van der Waals surface area contributed by atoms with Crippen molar-refractivity contribution in [2.45, 2.75) is 18.9 Å². The number of nitrogens with zero attached hydrogens (tertiary/aromatic N) is 1. The molecule has 0 heterocycles. The first-order valence-corrected chi connectivity index (χ1v) is 3.92. The van der Waals surface area contributed by atoms with Gasteiger partial charge in [0.15, 0.2) is 11.5 Å². The summed E-state index contributed by atoms with van der Waals surface area (Å²) in [7, 11) is 0. The standard InChI is InChI=1S/C9H11NO3/c1-3-7(13-6-4-5-6)8(10-2)9(11)12/h3,6H,1-2,4-5H2,(H,11,12)/b8-7+. The van der Waals surface area contributed by atoms with Crippen LogP contribution in [0.2, 0.25) is 0 Å². The van der Waals surface area contributed by atoms with Crippen LogP contribution in [0.1, 0.15) is 12.8 Å². The number of hydrogen-bond donors (Lipinski definition) is 1. The Kier molecular flexibility index (Phi) is 2.84. The maximum absolute atomic E-state index is 10.6. The highest BCUT2D eigenvalue weighted by Crippen LogP contribution is 2.27. The van der Waals surface area contributed by atoms with Crippen LogP contribution in [0.15, 0.2) is 29.1 Å². The monoisotopic (exact) mass is 181 g/mol. The zero-order valence-corrected chi connectivity index (χ0v) is 7.19. The molecule has 0 bridgehead atoms. The lowest BCUT2D eigenvalue weighted by atomic mass is 10.3. The number of aliphatic imine (C=N–C) groups is 1. The maximum Gasteiger partial charge on any atom is 0.358 e. The molecule has 1 aliphatic rings. The predicted octanol–water partition coefficient (Wildman–Crippen LogP) is 1.35. The molecule has 0 saturated heterocycles. The Bertz CT molecular complexity index is 277. The molecule has 1 N–H and O–H groups in total. The molecule has 0 spiro atoms. The van der Waals surface area contributed by atoms with Crippen molar-refractivity contribution in [1.29, 1.82) is 0 Å². The number of rotatable bonds is 5. The number of hydrogen-bond acceptors (Lipinski definition) is 3.